The van der Waals surface area contributed by atoms with Crippen molar-refractivity contribution in [1.82, 2.24) is 10.0 Å². The van der Waals surface area contributed by atoms with E-state index in [0.29, 0.717) is 18.0 Å². The highest BCUT2D eigenvalue weighted by Crippen LogP contribution is 2.25. The molecule has 0 atom stereocenters. The maximum Gasteiger partial charge on any atom is 0.240 e. The number of hydrogen-bond acceptors (Lipinski definition) is 4. The van der Waals surface area contributed by atoms with Crippen LogP contribution in [0.4, 0.5) is 0 Å². The number of hydrogen-bond donors (Lipinski definition) is 2. The molecule has 0 unspecified atom stereocenters. The molecular weight excluding hydrogens is 288 g/mol. The largest absolute Gasteiger partial charge is 0.494 e. The molecule has 1 aromatic rings. The third kappa shape index (κ3) is 4.18. The lowest BCUT2D eigenvalue weighted by Crippen LogP contribution is -2.39. The quantitative estimate of drug-likeness (QED) is 0.771. The van der Waals surface area contributed by atoms with E-state index in [-0.39, 0.29) is 6.04 Å². The predicted molar refractivity (Wildman–Crippen MR) is 83.0 cm³/mol. The van der Waals surface area contributed by atoms with Crippen LogP contribution < -0.4 is 14.8 Å². The Kier molecular flexibility index (Phi) is 5.61. The monoisotopic (exact) mass is 312 g/mol. The van der Waals surface area contributed by atoms with Crippen LogP contribution in [0.1, 0.15) is 38.7 Å². The van der Waals surface area contributed by atoms with Crippen molar-refractivity contribution in [2.45, 2.75) is 50.6 Å². The molecule has 5 nitrogen and oxygen atoms in total. The molecule has 0 heterocycles. The Morgan fingerprint density at radius 1 is 1.29 bits per heavy atom. The maximum atomic E-state index is 12.4. The van der Waals surface area contributed by atoms with Crippen LogP contribution in [-0.2, 0) is 16.6 Å². The van der Waals surface area contributed by atoms with Gasteiger partial charge in [0.15, 0.2) is 0 Å². The number of nitrogens with one attached hydrogen (secondary N) is 2. The van der Waals surface area contributed by atoms with Crippen LogP contribution in [0.2, 0.25) is 0 Å². The Bertz CT molecular complexity index is 568. The van der Waals surface area contributed by atoms with E-state index in [1.165, 1.54) is 0 Å². The van der Waals surface area contributed by atoms with Gasteiger partial charge in [0.1, 0.15) is 5.75 Å². The molecule has 2 N–H and O–H groups in total. The summed E-state index contributed by atoms with van der Waals surface area (Å²) in [5, 5.41) is 3.21. The lowest BCUT2D eigenvalue weighted by molar-refractivity contribution is 0.335. The molecular formula is C15H24N2O3S. The molecule has 0 aromatic heterocycles. The Balaban J connectivity index is 2.22. The summed E-state index contributed by atoms with van der Waals surface area (Å²) >= 11 is 0. The highest BCUT2D eigenvalue weighted by atomic mass is 32.2. The van der Waals surface area contributed by atoms with E-state index >= 15 is 0 Å². The van der Waals surface area contributed by atoms with Gasteiger partial charge in [0, 0.05) is 18.2 Å². The van der Waals surface area contributed by atoms with E-state index in [1.807, 2.05) is 13.8 Å². The van der Waals surface area contributed by atoms with Crippen molar-refractivity contribution in [2.24, 2.45) is 0 Å². The van der Waals surface area contributed by atoms with Crippen molar-refractivity contribution in [2.75, 3.05) is 13.2 Å². The normalized spacial score (nSPS) is 15.7. The minimum atomic E-state index is -3.43. The van der Waals surface area contributed by atoms with Crippen LogP contribution in [0.5, 0.6) is 5.75 Å². The molecule has 21 heavy (non-hydrogen) atoms. The average molecular weight is 312 g/mol. The second-order valence-electron chi connectivity index (χ2n) is 5.23. The summed E-state index contributed by atoms with van der Waals surface area (Å²) in [5.74, 6) is 0.737. The standard InChI is InChI=1S/C15H24N2O3S/c1-3-16-11-12-10-14(8-9-15(12)20-4-2)21(18,19)17-13-6-5-7-13/h8-10,13,16-17H,3-7,11H2,1-2H3. The minimum Gasteiger partial charge on any atom is -0.494 e. The molecule has 118 valence electrons. The molecule has 0 spiro atoms. The van der Waals surface area contributed by atoms with Gasteiger partial charge >= 0.3 is 0 Å². The second-order valence-corrected chi connectivity index (χ2v) is 6.95. The van der Waals surface area contributed by atoms with Gasteiger partial charge in [-0.2, -0.15) is 0 Å². The summed E-state index contributed by atoms with van der Waals surface area (Å²) in [4.78, 5) is 0.311. The molecule has 1 fully saturated rings. The van der Waals surface area contributed by atoms with E-state index in [1.54, 1.807) is 18.2 Å². The summed E-state index contributed by atoms with van der Waals surface area (Å²) in [6.07, 6.45) is 2.96. The van der Waals surface area contributed by atoms with Gasteiger partial charge in [-0.25, -0.2) is 13.1 Å². The van der Waals surface area contributed by atoms with Crippen molar-refractivity contribution >= 4 is 10.0 Å². The second kappa shape index (κ2) is 7.24. The lowest BCUT2D eigenvalue weighted by atomic mass is 9.94. The molecule has 0 radical (unpaired) electrons. The molecule has 1 aliphatic rings. The van der Waals surface area contributed by atoms with Crippen molar-refractivity contribution in [1.29, 1.82) is 0 Å². The third-order valence-electron chi connectivity index (χ3n) is 3.63. The van der Waals surface area contributed by atoms with Crippen molar-refractivity contribution in [3.8, 4) is 5.75 Å². The fourth-order valence-electron chi connectivity index (χ4n) is 2.23. The Morgan fingerprint density at radius 3 is 2.62 bits per heavy atom. The van der Waals surface area contributed by atoms with Crippen LogP contribution in [0.3, 0.4) is 0 Å². The summed E-state index contributed by atoms with van der Waals surface area (Å²) in [6, 6.07) is 5.15. The molecule has 0 amide bonds. The summed E-state index contributed by atoms with van der Waals surface area (Å²) < 4.78 is 33.0. The Hall–Kier alpha value is -1.11. The molecule has 0 bridgehead atoms. The smallest absolute Gasteiger partial charge is 0.240 e. The van der Waals surface area contributed by atoms with Gasteiger partial charge in [-0.1, -0.05) is 13.3 Å². The number of benzene rings is 1. The summed E-state index contributed by atoms with van der Waals surface area (Å²) in [7, 11) is -3.43. The minimum absolute atomic E-state index is 0.0961. The molecule has 1 saturated carbocycles. The molecule has 0 saturated heterocycles. The van der Waals surface area contributed by atoms with Crippen molar-refractivity contribution in [3.05, 3.63) is 23.8 Å². The molecule has 6 heteroatoms. The average Bonchev–Trinajstić information content (AvgIpc) is 2.42. The van der Waals surface area contributed by atoms with Crippen LogP contribution >= 0.6 is 0 Å². The topological polar surface area (TPSA) is 67.4 Å². The first-order chi connectivity index (χ1) is 10.1. The zero-order chi connectivity index (χ0) is 15.3. The van der Waals surface area contributed by atoms with E-state index < -0.39 is 10.0 Å². The van der Waals surface area contributed by atoms with Crippen LogP contribution in [0.15, 0.2) is 23.1 Å². The van der Waals surface area contributed by atoms with Crippen molar-refractivity contribution < 1.29 is 13.2 Å². The van der Waals surface area contributed by atoms with Gasteiger partial charge in [-0.3, -0.25) is 0 Å². The van der Waals surface area contributed by atoms with Crippen LogP contribution in [0.25, 0.3) is 0 Å². The summed E-state index contributed by atoms with van der Waals surface area (Å²) in [5.41, 5.74) is 0.871. The maximum absolute atomic E-state index is 12.4. The zero-order valence-electron chi connectivity index (χ0n) is 12.7. The third-order valence-corrected chi connectivity index (χ3v) is 5.15. The van der Waals surface area contributed by atoms with Gasteiger partial charge in [0.2, 0.25) is 10.0 Å². The SMILES string of the molecule is CCNCc1cc(S(=O)(=O)NC2CCC2)ccc1OCC. The fourth-order valence-corrected chi connectivity index (χ4v) is 3.59. The predicted octanol–water partition coefficient (Wildman–Crippen LogP) is 2.03. The van der Waals surface area contributed by atoms with Crippen molar-refractivity contribution in [3.63, 3.8) is 0 Å². The molecule has 2 rings (SSSR count). The highest BCUT2D eigenvalue weighted by Gasteiger charge is 2.25. The van der Waals surface area contributed by atoms with Gasteiger partial charge in [-0.05, 0) is 44.5 Å². The van der Waals surface area contributed by atoms with Gasteiger partial charge in [0.25, 0.3) is 0 Å². The van der Waals surface area contributed by atoms with Crippen LogP contribution in [0, 0.1) is 0 Å². The van der Waals surface area contributed by atoms with Crippen LogP contribution in [-0.4, -0.2) is 27.6 Å². The Morgan fingerprint density at radius 2 is 2.05 bits per heavy atom. The van der Waals surface area contributed by atoms with Gasteiger partial charge < -0.3 is 10.1 Å². The number of sulfonamides is 1. The van der Waals surface area contributed by atoms with Gasteiger partial charge in [-0.15, -0.1) is 0 Å². The zero-order valence-corrected chi connectivity index (χ0v) is 13.5. The molecule has 1 aliphatic carbocycles. The van der Waals surface area contributed by atoms with E-state index in [2.05, 4.69) is 10.0 Å². The van der Waals surface area contributed by atoms with E-state index in [9.17, 15) is 8.42 Å². The molecule has 1 aromatic carbocycles. The number of ether oxygens (including phenoxy) is 1. The first-order valence-electron chi connectivity index (χ1n) is 7.55. The van der Waals surface area contributed by atoms with E-state index in [4.69, 9.17) is 4.74 Å². The Labute approximate surface area is 127 Å². The molecule has 0 aliphatic heterocycles. The first kappa shape index (κ1) is 16.3. The summed E-state index contributed by atoms with van der Waals surface area (Å²) in [6.45, 7) is 5.91. The van der Waals surface area contributed by atoms with Gasteiger partial charge in [0.05, 0.1) is 11.5 Å². The highest BCUT2D eigenvalue weighted by molar-refractivity contribution is 7.89. The lowest BCUT2D eigenvalue weighted by Gasteiger charge is -2.26. The fraction of sp³-hybridized carbons (Fsp3) is 0.600. The van der Waals surface area contributed by atoms with E-state index in [0.717, 1.165) is 37.1 Å². The first-order valence-corrected chi connectivity index (χ1v) is 9.04. The number of rotatable bonds is 8.